The number of carbonyl (C=O) groups excluding carboxylic acids is 1. The predicted molar refractivity (Wildman–Crippen MR) is 63.6 cm³/mol. The van der Waals surface area contributed by atoms with Crippen LogP contribution in [0.2, 0.25) is 0 Å². The molecular weight excluding hydrogens is 188 g/mol. The lowest BCUT2D eigenvalue weighted by atomic mass is 10.1. The number of allylic oxidation sites excluding steroid dienone is 5. The zero-order chi connectivity index (χ0) is 11.2. The summed E-state index contributed by atoms with van der Waals surface area (Å²) in [6.07, 6.45) is 15.4. The second-order valence-corrected chi connectivity index (χ2v) is 3.22. The highest BCUT2D eigenvalue weighted by molar-refractivity contribution is 5.36. The van der Waals surface area contributed by atoms with Gasteiger partial charge < -0.3 is 4.74 Å². The molecule has 0 aromatic carbocycles. The monoisotopic (exact) mass is 208 g/mol. The molecule has 0 aromatic rings. The van der Waals surface area contributed by atoms with Crippen molar-refractivity contribution in [2.75, 3.05) is 6.61 Å². The summed E-state index contributed by atoms with van der Waals surface area (Å²) in [6.45, 7) is 4.65. The molecule has 2 heteroatoms. The second-order valence-electron chi connectivity index (χ2n) is 3.22. The van der Waals surface area contributed by atoms with E-state index in [0.29, 0.717) is 13.1 Å². The number of rotatable bonds is 10. The van der Waals surface area contributed by atoms with Crippen molar-refractivity contribution in [2.45, 2.75) is 32.1 Å². The summed E-state index contributed by atoms with van der Waals surface area (Å²) < 4.78 is 4.59. The maximum Gasteiger partial charge on any atom is 0.293 e. The summed E-state index contributed by atoms with van der Waals surface area (Å²) in [5, 5.41) is 0. The first-order valence-corrected chi connectivity index (χ1v) is 5.41. The molecule has 84 valence electrons. The quantitative estimate of drug-likeness (QED) is 0.312. The van der Waals surface area contributed by atoms with Gasteiger partial charge in [0.15, 0.2) is 0 Å². The van der Waals surface area contributed by atoms with E-state index in [1.54, 1.807) is 6.08 Å². The molecule has 2 nitrogen and oxygen atoms in total. The molecule has 0 N–H and O–H groups in total. The van der Waals surface area contributed by atoms with Crippen molar-refractivity contribution in [3.8, 4) is 0 Å². The summed E-state index contributed by atoms with van der Waals surface area (Å²) >= 11 is 0. The van der Waals surface area contributed by atoms with Gasteiger partial charge in [-0.25, -0.2) is 0 Å². The molecule has 15 heavy (non-hydrogen) atoms. The van der Waals surface area contributed by atoms with Gasteiger partial charge >= 0.3 is 0 Å². The molecule has 0 saturated heterocycles. The van der Waals surface area contributed by atoms with Gasteiger partial charge in [0.1, 0.15) is 0 Å². The first-order chi connectivity index (χ1) is 7.41. The fourth-order valence-corrected chi connectivity index (χ4v) is 1.17. The van der Waals surface area contributed by atoms with Crippen molar-refractivity contribution in [3.63, 3.8) is 0 Å². The predicted octanol–water partition coefficient (Wildman–Crippen LogP) is 3.41. The van der Waals surface area contributed by atoms with Crippen molar-refractivity contribution in [2.24, 2.45) is 0 Å². The Morgan fingerprint density at radius 3 is 2.53 bits per heavy atom. The van der Waals surface area contributed by atoms with Crippen LogP contribution in [0.25, 0.3) is 0 Å². The summed E-state index contributed by atoms with van der Waals surface area (Å²) in [7, 11) is 0. The van der Waals surface area contributed by atoms with E-state index < -0.39 is 0 Å². The Morgan fingerprint density at radius 1 is 1.00 bits per heavy atom. The fraction of sp³-hybridized carbons (Fsp3) is 0.462. The van der Waals surface area contributed by atoms with Gasteiger partial charge in [0.25, 0.3) is 6.47 Å². The van der Waals surface area contributed by atoms with Gasteiger partial charge in [-0.1, -0.05) is 49.8 Å². The lowest BCUT2D eigenvalue weighted by Crippen LogP contribution is -1.90. The van der Waals surface area contributed by atoms with Gasteiger partial charge in [-0.3, -0.25) is 4.79 Å². The number of hydrogen-bond acceptors (Lipinski definition) is 2. The molecule has 0 radical (unpaired) electrons. The zero-order valence-corrected chi connectivity index (χ0v) is 9.23. The van der Waals surface area contributed by atoms with E-state index in [9.17, 15) is 4.79 Å². The third kappa shape index (κ3) is 12.7. The van der Waals surface area contributed by atoms with Crippen molar-refractivity contribution in [3.05, 3.63) is 37.0 Å². The summed E-state index contributed by atoms with van der Waals surface area (Å²) in [5.41, 5.74) is 0. The number of ether oxygens (including phenoxy) is 1. The maximum absolute atomic E-state index is 9.82. The standard InChI is InChI=1S/C13H20O2/c1-2-3-4-5-6-7-8-9-10-11-12-15-13-14/h2-6,13H,1,7-12H2/b4-3+,6-5+. The molecular formula is C13H20O2. The average molecular weight is 208 g/mol. The van der Waals surface area contributed by atoms with E-state index in [4.69, 9.17) is 0 Å². The third-order valence-electron chi connectivity index (χ3n) is 1.95. The summed E-state index contributed by atoms with van der Waals surface area (Å²) in [5.74, 6) is 0. The van der Waals surface area contributed by atoms with Gasteiger partial charge in [0, 0.05) is 0 Å². The van der Waals surface area contributed by atoms with E-state index in [0.717, 1.165) is 19.3 Å². The zero-order valence-electron chi connectivity index (χ0n) is 9.23. The first-order valence-electron chi connectivity index (χ1n) is 5.41. The van der Waals surface area contributed by atoms with Crippen LogP contribution in [0.15, 0.2) is 37.0 Å². The van der Waals surface area contributed by atoms with Gasteiger partial charge in [-0.05, 0) is 19.3 Å². The molecule has 0 amide bonds. The van der Waals surface area contributed by atoms with Crippen LogP contribution in [0.4, 0.5) is 0 Å². The van der Waals surface area contributed by atoms with E-state index in [1.807, 2.05) is 18.2 Å². The Bertz CT molecular complexity index is 205. The lowest BCUT2D eigenvalue weighted by molar-refractivity contribution is -0.128. The largest absolute Gasteiger partial charge is 0.468 e. The van der Waals surface area contributed by atoms with Crippen LogP contribution in [0, 0.1) is 0 Å². The van der Waals surface area contributed by atoms with Gasteiger partial charge in [0.05, 0.1) is 6.61 Å². The highest BCUT2D eigenvalue weighted by Gasteiger charge is 1.88. The summed E-state index contributed by atoms with van der Waals surface area (Å²) in [6, 6.07) is 0. The molecule has 0 aromatic heterocycles. The molecule has 0 atom stereocenters. The van der Waals surface area contributed by atoms with E-state index >= 15 is 0 Å². The Labute approximate surface area is 92.3 Å². The Hall–Kier alpha value is -1.31. The van der Waals surface area contributed by atoms with Crippen LogP contribution in [0.3, 0.4) is 0 Å². The SMILES string of the molecule is C=C/C=C/C=C/CCCCCCOC=O. The average Bonchev–Trinajstić information content (AvgIpc) is 2.26. The van der Waals surface area contributed by atoms with Crippen molar-refractivity contribution in [1.29, 1.82) is 0 Å². The lowest BCUT2D eigenvalue weighted by Gasteiger charge is -1.98. The second kappa shape index (κ2) is 12.7. The molecule has 0 aliphatic carbocycles. The van der Waals surface area contributed by atoms with Crippen LogP contribution in [-0.4, -0.2) is 13.1 Å². The topological polar surface area (TPSA) is 26.3 Å². The molecule has 0 heterocycles. The van der Waals surface area contributed by atoms with Crippen LogP contribution < -0.4 is 0 Å². The van der Waals surface area contributed by atoms with Gasteiger partial charge in [-0.2, -0.15) is 0 Å². The van der Waals surface area contributed by atoms with Gasteiger partial charge in [0.2, 0.25) is 0 Å². The van der Waals surface area contributed by atoms with Crippen LogP contribution >= 0.6 is 0 Å². The Morgan fingerprint density at radius 2 is 1.80 bits per heavy atom. The molecule has 0 spiro atoms. The molecule has 0 bridgehead atoms. The molecule has 0 saturated carbocycles. The molecule has 0 aliphatic rings. The smallest absolute Gasteiger partial charge is 0.293 e. The molecule has 0 unspecified atom stereocenters. The van der Waals surface area contributed by atoms with Crippen LogP contribution in [0.1, 0.15) is 32.1 Å². The Kier molecular flexibility index (Phi) is 11.6. The van der Waals surface area contributed by atoms with E-state index in [-0.39, 0.29) is 0 Å². The van der Waals surface area contributed by atoms with Crippen molar-refractivity contribution >= 4 is 6.47 Å². The maximum atomic E-state index is 9.82. The van der Waals surface area contributed by atoms with E-state index in [2.05, 4.69) is 17.4 Å². The van der Waals surface area contributed by atoms with Crippen molar-refractivity contribution in [1.82, 2.24) is 0 Å². The minimum Gasteiger partial charge on any atom is -0.468 e. The number of unbranched alkanes of at least 4 members (excludes halogenated alkanes) is 4. The van der Waals surface area contributed by atoms with Crippen LogP contribution in [0.5, 0.6) is 0 Å². The Balaban J connectivity index is 3.10. The first kappa shape index (κ1) is 13.7. The minimum atomic E-state index is 0.509. The number of carbonyl (C=O) groups is 1. The fourth-order valence-electron chi connectivity index (χ4n) is 1.17. The summed E-state index contributed by atoms with van der Waals surface area (Å²) in [4.78, 5) is 9.82. The van der Waals surface area contributed by atoms with Crippen LogP contribution in [-0.2, 0) is 9.53 Å². The third-order valence-corrected chi connectivity index (χ3v) is 1.95. The normalized spacial score (nSPS) is 10.9. The highest BCUT2D eigenvalue weighted by atomic mass is 16.5. The molecule has 0 rings (SSSR count). The van der Waals surface area contributed by atoms with Gasteiger partial charge in [-0.15, -0.1) is 0 Å². The molecule has 0 fully saturated rings. The molecule has 0 aliphatic heterocycles. The minimum absolute atomic E-state index is 0.509. The van der Waals surface area contributed by atoms with E-state index in [1.165, 1.54) is 12.8 Å². The van der Waals surface area contributed by atoms with Crippen molar-refractivity contribution < 1.29 is 9.53 Å². The number of hydrogen-bond donors (Lipinski definition) is 0. The highest BCUT2D eigenvalue weighted by Crippen LogP contribution is 2.03.